The molecule has 9 heteroatoms. The van der Waals surface area contributed by atoms with E-state index < -0.39 is 0 Å². The van der Waals surface area contributed by atoms with Gasteiger partial charge in [-0.1, -0.05) is 17.8 Å². The Hall–Kier alpha value is -2.67. The number of nitriles is 1. The van der Waals surface area contributed by atoms with Crippen molar-refractivity contribution < 1.29 is 14.3 Å². The number of thioether (sulfide) groups is 1. The molecular weight excluding hydrogens is 462 g/mol. The molecule has 6 nitrogen and oxygen atoms in total. The number of fused-ring (bicyclic) bond motifs is 1. The van der Waals surface area contributed by atoms with Gasteiger partial charge in [0.1, 0.15) is 16.1 Å². The highest BCUT2D eigenvalue weighted by atomic mass is 32.2. The van der Waals surface area contributed by atoms with Crippen molar-refractivity contribution in [3.8, 4) is 16.6 Å². The quantitative estimate of drug-likeness (QED) is 0.351. The van der Waals surface area contributed by atoms with E-state index in [4.69, 9.17) is 4.74 Å². The van der Waals surface area contributed by atoms with Gasteiger partial charge in [0.2, 0.25) is 5.91 Å². The maximum atomic E-state index is 12.8. The SMILES string of the molecule is CCOC(=O)c1c(NC(=O)CSc2nc(-c3cccs3)ccc2C#N)sc2c1CCCC2. The Labute approximate surface area is 198 Å². The molecule has 0 bridgehead atoms. The van der Waals surface area contributed by atoms with Gasteiger partial charge in [-0.25, -0.2) is 9.78 Å². The third kappa shape index (κ3) is 4.88. The molecule has 1 aliphatic rings. The summed E-state index contributed by atoms with van der Waals surface area (Å²) in [6, 6.07) is 9.60. The molecule has 0 spiro atoms. The van der Waals surface area contributed by atoms with Crippen molar-refractivity contribution in [2.45, 2.75) is 37.6 Å². The minimum atomic E-state index is -0.382. The first kappa shape index (κ1) is 22.5. The van der Waals surface area contributed by atoms with Gasteiger partial charge in [-0.05, 0) is 61.7 Å². The molecule has 1 N–H and O–H groups in total. The first-order valence-corrected chi connectivity index (χ1v) is 13.0. The molecular formula is C23H21N3O3S3. The van der Waals surface area contributed by atoms with Gasteiger partial charge in [-0.3, -0.25) is 4.79 Å². The topological polar surface area (TPSA) is 92.1 Å². The minimum Gasteiger partial charge on any atom is -0.462 e. The van der Waals surface area contributed by atoms with E-state index in [0.717, 1.165) is 46.7 Å². The summed E-state index contributed by atoms with van der Waals surface area (Å²) in [5.74, 6) is -0.543. The molecule has 0 aromatic carbocycles. The number of aryl methyl sites for hydroxylation is 1. The molecule has 3 heterocycles. The van der Waals surface area contributed by atoms with Gasteiger partial charge < -0.3 is 10.1 Å². The standard InChI is InChI=1S/C23H21N3O3S3/c1-2-29-23(28)20-15-6-3-4-7-17(15)32-22(20)26-19(27)13-31-21-14(12-24)9-10-16(25-21)18-8-5-11-30-18/h5,8-11H,2-4,6-7,13H2,1H3,(H,26,27). The smallest absolute Gasteiger partial charge is 0.341 e. The normalized spacial score (nSPS) is 12.6. The zero-order chi connectivity index (χ0) is 22.5. The molecule has 0 saturated heterocycles. The molecule has 0 radical (unpaired) electrons. The molecule has 164 valence electrons. The van der Waals surface area contributed by atoms with Crippen LogP contribution in [0.25, 0.3) is 10.6 Å². The fraction of sp³-hybridized carbons (Fsp3) is 0.304. The van der Waals surface area contributed by atoms with Crippen molar-refractivity contribution >= 4 is 51.3 Å². The summed E-state index contributed by atoms with van der Waals surface area (Å²) in [7, 11) is 0. The molecule has 1 amide bonds. The van der Waals surface area contributed by atoms with Crippen LogP contribution in [0.2, 0.25) is 0 Å². The number of carbonyl (C=O) groups excluding carboxylic acids is 2. The summed E-state index contributed by atoms with van der Waals surface area (Å²) in [5, 5.41) is 15.4. The monoisotopic (exact) mass is 483 g/mol. The van der Waals surface area contributed by atoms with E-state index in [1.807, 2.05) is 23.6 Å². The highest BCUT2D eigenvalue weighted by molar-refractivity contribution is 8.00. The van der Waals surface area contributed by atoms with E-state index in [2.05, 4.69) is 16.4 Å². The lowest BCUT2D eigenvalue weighted by Crippen LogP contribution is -2.17. The van der Waals surface area contributed by atoms with Crippen LogP contribution in [0.3, 0.4) is 0 Å². The van der Waals surface area contributed by atoms with Gasteiger partial charge in [0.25, 0.3) is 0 Å². The first-order chi connectivity index (χ1) is 15.6. The van der Waals surface area contributed by atoms with E-state index in [-0.39, 0.29) is 24.2 Å². The van der Waals surface area contributed by atoms with Gasteiger partial charge >= 0.3 is 5.97 Å². The first-order valence-electron chi connectivity index (χ1n) is 10.3. The molecule has 32 heavy (non-hydrogen) atoms. The van der Waals surface area contributed by atoms with Crippen molar-refractivity contribution in [1.82, 2.24) is 4.98 Å². The van der Waals surface area contributed by atoms with Gasteiger partial charge in [0.05, 0.1) is 34.1 Å². The molecule has 3 aromatic rings. The third-order valence-corrected chi connectivity index (χ3v) is 8.09. The van der Waals surface area contributed by atoms with Crippen molar-refractivity contribution in [2.75, 3.05) is 17.7 Å². The second kappa shape index (κ2) is 10.3. The lowest BCUT2D eigenvalue weighted by molar-refractivity contribution is -0.113. The van der Waals surface area contributed by atoms with Crippen LogP contribution in [0.15, 0.2) is 34.7 Å². The van der Waals surface area contributed by atoms with Crippen molar-refractivity contribution in [2.24, 2.45) is 0 Å². The van der Waals surface area contributed by atoms with Crippen molar-refractivity contribution in [1.29, 1.82) is 5.26 Å². The van der Waals surface area contributed by atoms with Gasteiger partial charge in [-0.15, -0.1) is 22.7 Å². The number of nitrogens with zero attached hydrogens (tertiary/aromatic N) is 2. The Morgan fingerprint density at radius 2 is 2.12 bits per heavy atom. The molecule has 0 aliphatic heterocycles. The molecule has 0 unspecified atom stereocenters. The zero-order valence-corrected chi connectivity index (χ0v) is 19.9. The number of aromatic nitrogens is 1. The molecule has 1 aliphatic carbocycles. The summed E-state index contributed by atoms with van der Waals surface area (Å²) in [5.41, 5.74) is 2.72. The Morgan fingerprint density at radius 3 is 2.88 bits per heavy atom. The van der Waals surface area contributed by atoms with Crippen LogP contribution in [0, 0.1) is 11.3 Å². The molecule has 0 atom stereocenters. The summed E-state index contributed by atoms with van der Waals surface area (Å²) in [6.45, 7) is 2.06. The number of hydrogen-bond donors (Lipinski definition) is 1. The number of esters is 1. The van der Waals surface area contributed by atoms with Crippen LogP contribution in [0.4, 0.5) is 5.00 Å². The van der Waals surface area contributed by atoms with Crippen LogP contribution >= 0.6 is 34.4 Å². The number of rotatable bonds is 7. The Bertz CT molecular complexity index is 1180. The lowest BCUT2D eigenvalue weighted by Gasteiger charge is -2.12. The predicted octanol–water partition coefficient (Wildman–Crippen LogP) is 5.53. The van der Waals surface area contributed by atoms with Gasteiger partial charge in [0, 0.05) is 4.88 Å². The minimum absolute atomic E-state index is 0.0837. The number of carbonyl (C=O) groups is 2. The molecule has 0 fully saturated rings. The molecule has 4 rings (SSSR count). The number of anilines is 1. The Balaban J connectivity index is 1.50. The number of thiophene rings is 2. The summed E-state index contributed by atoms with van der Waals surface area (Å²) in [6.07, 6.45) is 3.86. The third-order valence-electron chi connectivity index (χ3n) is 5.00. The fourth-order valence-corrected chi connectivity index (χ4v) is 6.33. The maximum Gasteiger partial charge on any atom is 0.341 e. The summed E-state index contributed by atoms with van der Waals surface area (Å²) < 4.78 is 5.25. The van der Waals surface area contributed by atoms with Crippen LogP contribution in [0.1, 0.15) is 46.1 Å². The van der Waals surface area contributed by atoms with E-state index >= 15 is 0 Å². The Kier molecular flexibility index (Phi) is 7.25. The lowest BCUT2D eigenvalue weighted by atomic mass is 9.95. The van der Waals surface area contributed by atoms with E-state index in [0.29, 0.717) is 21.2 Å². The van der Waals surface area contributed by atoms with E-state index in [9.17, 15) is 14.9 Å². The van der Waals surface area contributed by atoms with Crippen molar-refractivity contribution in [3.63, 3.8) is 0 Å². The van der Waals surface area contributed by atoms with E-state index in [1.165, 1.54) is 23.1 Å². The Morgan fingerprint density at radius 1 is 1.28 bits per heavy atom. The molecule has 0 saturated carbocycles. The van der Waals surface area contributed by atoms with Gasteiger partial charge in [0.15, 0.2) is 0 Å². The average molecular weight is 484 g/mol. The molecule has 3 aromatic heterocycles. The number of hydrogen-bond acceptors (Lipinski definition) is 8. The average Bonchev–Trinajstić information content (AvgIpc) is 3.45. The predicted molar refractivity (Wildman–Crippen MR) is 129 cm³/mol. The fourth-order valence-electron chi connectivity index (χ4n) is 3.57. The number of pyridine rings is 1. The highest BCUT2D eigenvalue weighted by Crippen LogP contribution is 2.39. The maximum absolute atomic E-state index is 12.8. The van der Waals surface area contributed by atoms with Crippen LogP contribution in [-0.4, -0.2) is 29.2 Å². The number of amides is 1. The van der Waals surface area contributed by atoms with Crippen LogP contribution < -0.4 is 5.32 Å². The summed E-state index contributed by atoms with van der Waals surface area (Å²) >= 11 is 4.25. The second-order valence-electron chi connectivity index (χ2n) is 7.11. The van der Waals surface area contributed by atoms with Crippen LogP contribution in [0.5, 0.6) is 0 Å². The number of nitrogens with one attached hydrogen (secondary N) is 1. The zero-order valence-electron chi connectivity index (χ0n) is 17.5. The number of ether oxygens (including phenoxy) is 1. The largest absolute Gasteiger partial charge is 0.462 e. The van der Waals surface area contributed by atoms with Crippen LogP contribution in [-0.2, 0) is 22.4 Å². The second-order valence-corrected chi connectivity index (χ2v) is 10.1. The van der Waals surface area contributed by atoms with Gasteiger partial charge in [-0.2, -0.15) is 5.26 Å². The highest BCUT2D eigenvalue weighted by Gasteiger charge is 2.27. The van der Waals surface area contributed by atoms with E-state index in [1.54, 1.807) is 24.3 Å². The summed E-state index contributed by atoms with van der Waals surface area (Å²) in [4.78, 5) is 32.1. The van der Waals surface area contributed by atoms with Crippen molar-refractivity contribution in [3.05, 3.63) is 51.2 Å².